The number of amides is 1. The molecule has 2 aromatic rings. The highest BCUT2D eigenvalue weighted by molar-refractivity contribution is 6.04. The summed E-state index contributed by atoms with van der Waals surface area (Å²) < 4.78 is 0. The molecule has 0 saturated carbocycles. The zero-order valence-corrected chi connectivity index (χ0v) is 11.1. The molecule has 5 heteroatoms. The number of pyridine rings is 1. The second kappa shape index (κ2) is 6.34. The Morgan fingerprint density at radius 3 is 2.75 bits per heavy atom. The van der Waals surface area contributed by atoms with Crippen LogP contribution >= 0.6 is 0 Å². The van der Waals surface area contributed by atoms with Crippen LogP contribution in [-0.4, -0.2) is 17.4 Å². The van der Waals surface area contributed by atoms with Crippen LogP contribution in [0.1, 0.15) is 22.8 Å². The van der Waals surface area contributed by atoms with Gasteiger partial charge in [0.05, 0.1) is 16.8 Å². The average molecular weight is 266 g/mol. The number of nitriles is 1. The molecule has 0 aliphatic heterocycles. The maximum Gasteiger partial charge on any atom is 0.257 e. The molecule has 0 atom stereocenters. The number of nitrogens with zero attached hydrogens (tertiary/aromatic N) is 2. The number of para-hydroxylation sites is 1. The van der Waals surface area contributed by atoms with E-state index in [0.29, 0.717) is 16.8 Å². The van der Waals surface area contributed by atoms with Crippen LogP contribution in [0, 0.1) is 11.3 Å². The highest BCUT2D eigenvalue weighted by Crippen LogP contribution is 2.15. The van der Waals surface area contributed by atoms with E-state index in [-0.39, 0.29) is 5.91 Å². The number of anilines is 2. The number of aromatic nitrogens is 1. The third-order valence-corrected chi connectivity index (χ3v) is 2.68. The van der Waals surface area contributed by atoms with Gasteiger partial charge in [-0.2, -0.15) is 5.26 Å². The van der Waals surface area contributed by atoms with Crippen LogP contribution in [0.15, 0.2) is 42.6 Å². The molecule has 1 aromatic carbocycles. The largest absolute Gasteiger partial charge is 0.370 e. The lowest BCUT2D eigenvalue weighted by atomic mass is 10.2. The van der Waals surface area contributed by atoms with E-state index in [1.807, 2.05) is 13.0 Å². The molecule has 2 rings (SSSR count). The molecule has 1 heterocycles. The summed E-state index contributed by atoms with van der Waals surface area (Å²) in [5.41, 5.74) is 1.37. The van der Waals surface area contributed by atoms with Crippen molar-refractivity contribution >= 4 is 17.4 Å². The van der Waals surface area contributed by atoms with Crippen molar-refractivity contribution in [2.45, 2.75) is 6.92 Å². The van der Waals surface area contributed by atoms with E-state index in [1.54, 1.807) is 36.4 Å². The minimum Gasteiger partial charge on any atom is -0.370 e. The standard InChI is InChI=1S/C15H14N4O/c1-2-17-14-8-7-12(10-18-14)15(20)19-13-6-4-3-5-11(13)9-16/h3-8,10H,2H2,1H3,(H,17,18)(H,19,20). The molecule has 2 N–H and O–H groups in total. The molecular formula is C15H14N4O. The Labute approximate surface area is 117 Å². The van der Waals surface area contributed by atoms with Crippen molar-refractivity contribution in [2.75, 3.05) is 17.2 Å². The Kier molecular flexibility index (Phi) is 4.30. The molecule has 0 bridgehead atoms. The van der Waals surface area contributed by atoms with Crippen molar-refractivity contribution in [2.24, 2.45) is 0 Å². The number of carbonyl (C=O) groups is 1. The SMILES string of the molecule is CCNc1ccc(C(=O)Nc2ccccc2C#N)cn1. The summed E-state index contributed by atoms with van der Waals surface area (Å²) in [5.74, 6) is 0.435. The van der Waals surface area contributed by atoms with Crippen LogP contribution in [0.3, 0.4) is 0 Å². The van der Waals surface area contributed by atoms with Gasteiger partial charge in [0.1, 0.15) is 11.9 Å². The van der Waals surface area contributed by atoms with Gasteiger partial charge in [0.2, 0.25) is 0 Å². The highest BCUT2D eigenvalue weighted by atomic mass is 16.1. The Balaban J connectivity index is 2.14. The van der Waals surface area contributed by atoms with Gasteiger partial charge in [0, 0.05) is 12.7 Å². The zero-order chi connectivity index (χ0) is 14.4. The first-order valence-corrected chi connectivity index (χ1v) is 6.25. The predicted molar refractivity (Wildman–Crippen MR) is 77.5 cm³/mol. The van der Waals surface area contributed by atoms with Gasteiger partial charge < -0.3 is 10.6 Å². The fraction of sp³-hybridized carbons (Fsp3) is 0.133. The van der Waals surface area contributed by atoms with Gasteiger partial charge in [-0.05, 0) is 31.2 Å². The van der Waals surface area contributed by atoms with Gasteiger partial charge >= 0.3 is 0 Å². The molecule has 0 saturated heterocycles. The summed E-state index contributed by atoms with van der Waals surface area (Å²) in [6, 6.07) is 12.3. The summed E-state index contributed by atoms with van der Waals surface area (Å²) >= 11 is 0. The Morgan fingerprint density at radius 2 is 2.10 bits per heavy atom. The highest BCUT2D eigenvalue weighted by Gasteiger charge is 2.09. The third kappa shape index (κ3) is 3.12. The predicted octanol–water partition coefficient (Wildman–Crippen LogP) is 2.64. The molecule has 0 spiro atoms. The molecule has 1 amide bonds. The Bertz CT molecular complexity index is 644. The molecule has 0 fully saturated rings. The molecule has 0 aliphatic carbocycles. The van der Waals surface area contributed by atoms with Crippen LogP contribution in [0.5, 0.6) is 0 Å². The van der Waals surface area contributed by atoms with Crippen molar-refractivity contribution in [3.63, 3.8) is 0 Å². The lowest BCUT2D eigenvalue weighted by Gasteiger charge is -2.07. The van der Waals surface area contributed by atoms with E-state index in [0.717, 1.165) is 12.4 Å². The van der Waals surface area contributed by atoms with Crippen molar-refractivity contribution in [3.8, 4) is 6.07 Å². The third-order valence-electron chi connectivity index (χ3n) is 2.68. The van der Waals surface area contributed by atoms with Crippen molar-refractivity contribution < 1.29 is 4.79 Å². The van der Waals surface area contributed by atoms with E-state index >= 15 is 0 Å². The second-order valence-electron chi connectivity index (χ2n) is 4.07. The second-order valence-corrected chi connectivity index (χ2v) is 4.07. The monoisotopic (exact) mass is 266 g/mol. The molecular weight excluding hydrogens is 252 g/mol. The lowest BCUT2D eigenvalue weighted by Crippen LogP contribution is -2.13. The number of rotatable bonds is 4. The van der Waals surface area contributed by atoms with Crippen molar-refractivity contribution in [3.05, 3.63) is 53.7 Å². The van der Waals surface area contributed by atoms with Crippen LogP contribution < -0.4 is 10.6 Å². The Morgan fingerprint density at radius 1 is 1.30 bits per heavy atom. The molecule has 100 valence electrons. The minimum absolute atomic E-state index is 0.289. The molecule has 1 aromatic heterocycles. The fourth-order valence-electron chi connectivity index (χ4n) is 1.70. The molecule has 0 radical (unpaired) electrons. The van der Waals surface area contributed by atoms with Crippen LogP contribution in [0.2, 0.25) is 0 Å². The Hall–Kier alpha value is -2.87. The van der Waals surface area contributed by atoms with Crippen LogP contribution in [-0.2, 0) is 0 Å². The maximum atomic E-state index is 12.1. The first-order chi connectivity index (χ1) is 9.74. The summed E-state index contributed by atoms with van der Waals surface area (Å²) in [7, 11) is 0. The van der Waals surface area contributed by atoms with Gasteiger partial charge in [0.15, 0.2) is 0 Å². The first-order valence-electron chi connectivity index (χ1n) is 6.25. The van der Waals surface area contributed by atoms with Gasteiger partial charge in [0.25, 0.3) is 5.91 Å². The molecule has 20 heavy (non-hydrogen) atoms. The van der Waals surface area contributed by atoms with Crippen LogP contribution in [0.25, 0.3) is 0 Å². The molecule has 0 aliphatic rings. The summed E-state index contributed by atoms with van der Waals surface area (Å²) in [5, 5.41) is 14.7. The molecule has 5 nitrogen and oxygen atoms in total. The number of hydrogen-bond donors (Lipinski definition) is 2. The minimum atomic E-state index is -0.289. The number of benzene rings is 1. The fourth-order valence-corrected chi connectivity index (χ4v) is 1.70. The van der Waals surface area contributed by atoms with E-state index < -0.39 is 0 Å². The summed E-state index contributed by atoms with van der Waals surface area (Å²) in [6.07, 6.45) is 1.50. The maximum absolute atomic E-state index is 12.1. The number of hydrogen-bond acceptors (Lipinski definition) is 4. The quantitative estimate of drug-likeness (QED) is 0.891. The van der Waals surface area contributed by atoms with Gasteiger partial charge in [-0.25, -0.2) is 4.98 Å². The normalized spacial score (nSPS) is 9.60. The lowest BCUT2D eigenvalue weighted by molar-refractivity contribution is 0.102. The van der Waals surface area contributed by atoms with E-state index in [1.165, 1.54) is 6.20 Å². The topological polar surface area (TPSA) is 77.8 Å². The first kappa shape index (κ1) is 13.6. The van der Waals surface area contributed by atoms with Crippen molar-refractivity contribution in [1.29, 1.82) is 5.26 Å². The number of carbonyl (C=O) groups excluding carboxylic acids is 1. The van der Waals surface area contributed by atoms with E-state index in [4.69, 9.17) is 5.26 Å². The van der Waals surface area contributed by atoms with Crippen LogP contribution in [0.4, 0.5) is 11.5 Å². The van der Waals surface area contributed by atoms with E-state index in [9.17, 15) is 4.79 Å². The smallest absolute Gasteiger partial charge is 0.257 e. The number of nitrogens with one attached hydrogen (secondary N) is 2. The van der Waals surface area contributed by atoms with E-state index in [2.05, 4.69) is 15.6 Å². The summed E-state index contributed by atoms with van der Waals surface area (Å²) in [4.78, 5) is 16.2. The van der Waals surface area contributed by atoms with Crippen molar-refractivity contribution in [1.82, 2.24) is 4.98 Å². The van der Waals surface area contributed by atoms with Gasteiger partial charge in [-0.15, -0.1) is 0 Å². The van der Waals surface area contributed by atoms with Gasteiger partial charge in [-0.3, -0.25) is 4.79 Å². The van der Waals surface area contributed by atoms with Gasteiger partial charge in [-0.1, -0.05) is 12.1 Å². The summed E-state index contributed by atoms with van der Waals surface area (Å²) in [6.45, 7) is 2.75. The average Bonchev–Trinajstić information content (AvgIpc) is 2.49. The molecule has 0 unspecified atom stereocenters. The zero-order valence-electron chi connectivity index (χ0n) is 11.1.